The highest BCUT2D eigenvalue weighted by Crippen LogP contribution is 2.36. The maximum Gasteiger partial charge on any atom is 0.243 e. The lowest BCUT2D eigenvalue weighted by atomic mass is 9.79. The van der Waals surface area contributed by atoms with Gasteiger partial charge in [-0.2, -0.15) is 5.06 Å². The molecule has 2 heterocycles. The van der Waals surface area contributed by atoms with Crippen molar-refractivity contribution in [3.8, 4) is 0 Å². The van der Waals surface area contributed by atoms with E-state index in [1.165, 1.54) is 9.96 Å². The molecule has 0 aromatic carbocycles. The highest BCUT2D eigenvalue weighted by molar-refractivity contribution is 5.91. The van der Waals surface area contributed by atoms with Gasteiger partial charge in [-0.15, -0.1) is 0 Å². The summed E-state index contributed by atoms with van der Waals surface area (Å²) in [7, 11) is 0. The summed E-state index contributed by atoms with van der Waals surface area (Å²) in [6, 6.07) is -1.26. The first-order valence-corrected chi connectivity index (χ1v) is 10.2. The Labute approximate surface area is 168 Å². The Bertz CT molecular complexity index is 587. The molecule has 160 valence electrons. The van der Waals surface area contributed by atoms with Gasteiger partial charge in [0.2, 0.25) is 18.2 Å². The molecule has 8 nitrogen and oxygen atoms in total. The van der Waals surface area contributed by atoms with E-state index >= 15 is 0 Å². The maximum absolute atomic E-state index is 13.0. The third-order valence-corrected chi connectivity index (χ3v) is 5.96. The minimum Gasteiger partial charge on any atom is -0.351 e. The third-order valence-electron chi connectivity index (χ3n) is 5.96. The standard InChI is InChI=1S/C20H36N4O4/c1-13(2)16(22-17(26)15-8-7-9-23(15)12-25)18(27)21-14-10-19(3,4)24(28)20(5,6)11-14/h12-16,28H,7-11H2,1-6H3,(H,21,27)(H,22,26)/t15?,16-/m1/s1. The molecule has 3 N–H and O–H groups in total. The highest BCUT2D eigenvalue weighted by Gasteiger charge is 2.46. The summed E-state index contributed by atoms with van der Waals surface area (Å²) < 4.78 is 0. The van der Waals surface area contributed by atoms with Crippen LogP contribution in [0.4, 0.5) is 0 Å². The third kappa shape index (κ3) is 4.84. The van der Waals surface area contributed by atoms with Crippen molar-refractivity contribution in [3.63, 3.8) is 0 Å². The number of likely N-dealkylation sites (tertiary alicyclic amines) is 1. The number of carbonyl (C=O) groups is 3. The molecule has 3 amide bonds. The van der Waals surface area contributed by atoms with Crippen LogP contribution in [0.5, 0.6) is 0 Å². The first kappa shape index (κ1) is 22.6. The minimum atomic E-state index is -0.667. The maximum atomic E-state index is 13.0. The smallest absolute Gasteiger partial charge is 0.243 e. The molecule has 2 rings (SSSR count). The molecule has 0 radical (unpaired) electrons. The fraction of sp³-hybridized carbons (Fsp3) is 0.850. The van der Waals surface area contributed by atoms with Crippen molar-refractivity contribution in [2.75, 3.05) is 6.54 Å². The zero-order valence-electron chi connectivity index (χ0n) is 18.0. The van der Waals surface area contributed by atoms with Gasteiger partial charge in [0.25, 0.3) is 0 Å². The van der Waals surface area contributed by atoms with E-state index in [-0.39, 0.29) is 23.8 Å². The molecule has 0 spiro atoms. The van der Waals surface area contributed by atoms with E-state index in [1.54, 1.807) is 0 Å². The molecule has 2 saturated heterocycles. The summed E-state index contributed by atoms with van der Waals surface area (Å²) in [5, 5.41) is 17.7. The molecule has 28 heavy (non-hydrogen) atoms. The van der Waals surface area contributed by atoms with Crippen molar-refractivity contribution < 1.29 is 19.6 Å². The summed E-state index contributed by atoms with van der Waals surface area (Å²) in [6.07, 6.45) is 3.33. The van der Waals surface area contributed by atoms with Gasteiger partial charge in [-0.05, 0) is 59.3 Å². The first-order valence-electron chi connectivity index (χ1n) is 10.2. The summed E-state index contributed by atoms with van der Waals surface area (Å²) in [4.78, 5) is 38.2. The number of nitrogens with zero attached hydrogens (tertiary/aromatic N) is 2. The predicted molar refractivity (Wildman–Crippen MR) is 106 cm³/mol. The van der Waals surface area contributed by atoms with E-state index in [0.717, 1.165) is 6.42 Å². The van der Waals surface area contributed by atoms with E-state index in [9.17, 15) is 19.6 Å². The van der Waals surface area contributed by atoms with Crippen LogP contribution in [0.2, 0.25) is 0 Å². The molecule has 0 aromatic heterocycles. The molecule has 0 aliphatic carbocycles. The summed E-state index contributed by atoms with van der Waals surface area (Å²) in [5.74, 6) is -0.583. The molecule has 2 fully saturated rings. The number of hydrogen-bond donors (Lipinski definition) is 3. The van der Waals surface area contributed by atoms with Gasteiger partial charge in [0.15, 0.2) is 0 Å². The monoisotopic (exact) mass is 396 g/mol. The Hall–Kier alpha value is -1.67. The molecule has 2 atom stereocenters. The van der Waals surface area contributed by atoms with Crippen molar-refractivity contribution in [3.05, 3.63) is 0 Å². The average molecular weight is 397 g/mol. The number of amides is 3. The van der Waals surface area contributed by atoms with Crippen molar-refractivity contribution >= 4 is 18.2 Å². The van der Waals surface area contributed by atoms with E-state index in [0.29, 0.717) is 32.2 Å². The van der Waals surface area contributed by atoms with Crippen molar-refractivity contribution in [2.24, 2.45) is 5.92 Å². The normalized spacial score (nSPS) is 26.1. The molecule has 8 heteroatoms. The van der Waals surface area contributed by atoms with E-state index in [2.05, 4.69) is 10.6 Å². The van der Waals surface area contributed by atoms with Crippen LogP contribution in [0.15, 0.2) is 0 Å². The SMILES string of the molecule is CC(C)[C@@H](NC(=O)C1CCCN1C=O)C(=O)NC1CC(C)(C)N(O)C(C)(C)C1. The summed E-state index contributed by atoms with van der Waals surface area (Å²) in [5.41, 5.74) is -0.935. The number of rotatable bonds is 6. The number of hydrogen-bond acceptors (Lipinski definition) is 5. The second kappa shape index (κ2) is 8.37. The van der Waals surface area contributed by atoms with Crippen molar-refractivity contribution in [1.29, 1.82) is 0 Å². The Kier molecular flexibility index (Phi) is 6.76. The Morgan fingerprint density at radius 1 is 1.14 bits per heavy atom. The van der Waals surface area contributed by atoms with Gasteiger partial charge in [-0.1, -0.05) is 13.8 Å². The van der Waals surface area contributed by atoms with E-state index in [1.807, 2.05) is 41.5 Å². The predicted octanol–water partition coefficient (Wildman–Crippen LogP) is 1.28. The number of nitrogens with one attached hydrogen (secondary N) is 2. The van der Waals surface area contributed by atoms with Gasteiger partial charge in [-0.3, -0.25) is 14.4 Å². The lowest BCUT2D eigenvalue weighted by Crippen LogP contribution is -2.64. The number of piperidine rings is 1. The Morgan fingerprint density at radius 2 is 1.71 bits per heavy atom. The average Bonchev–Trinajstić information content (AvgIpc) is 3.05. The van der Waals surface area contributed by atoms with Gasteiger partial charge < -0.3 is 20.7 Å². The van der Waals surface area contributed by atoms with Crippen LogP contribution in [0, 0.1) is 5.92 Å². The summed E-state index contributed by atoms with van der Waals surface area (Å²) in [6.45, 7) is 12.1. The number of hydroxylamine groups is 2. The quantitative estimate of drug-likeness (QED) is 0.587. The molecular weight excluding hydrogens is 360 g/mol. The van der Waals surface area contributed by atoms with Crippen LogP contribution >= 0.6 is 0 Å². The molecular formula is C20H36N4O4. The second-order valence-corrected chi connectivity index (χ2v) is 9.78. The second-order valence-electron chi connectivity index (χ2n) is 9.78. The molecule has 0 saturated carbocycles. The van der Waals surface area contributed by atoms with E-state index < -0.39 is 23.2 Å². The molecule has 2 aliphatic rings. The van der Waals surface area contributed by atoms with Gasteiger partial charge in [0, 0.05) is 23.7 Å². The molecule has 0 bridgehead atoms. The van der Waals surface area contributed by atoms with Gasteiger partial charge in [-0.25, -0.2) is 0 Å². The van der Waals surface area contributed by atoms with Crippen LogP contribution < -0.4 is 10.6 Å². The molecule has 1 unspecified atom stereocenters. The molecule has 2 aliphatic heterocycles. The van der Waals surface area contributed by atoms with Gasteiger partial charge in [0.05, 0.1) is 0 Å². The number of carbonyl (C=O) groups excluding carboxylic acids is 3. The zero-order valence-corrected chi connectivity index (χ0v) is 18.0. The van der Waals surface area contributed by atoms with Crippen LogP contribution in [0.3, 0.4) is 0 Å². The lowest BCUT2D eigenvalue weighted by molar-refractivity contribution is -0.246. The summed E-state index contributed by atoms with van der Waals surface area (Å²) >= 11 is 0. The highest BCUT2D eigenvalue weighted by atomic mass is 16.5. The lowest BCUT2D eigenvalue weighted by Gasteiger charge is -2.51. The van der Waals surface area contributed by atoms with Crippen LogP contribution in [0.25, 0.3) is 0 Å². The Morgan fingerprint density at radius 3 is 2.21 bits per heavy atom. The first-order chi connectivity index (χ1) is 12.9. The fourth-order valence-corrected chi connectivity index (χ4v) is 4.64. The fourth-order valence-electron chi connectivity index (χ4n) is 4.64. The topological polar surface area (TPSA) is 102 Å². The van der Waals surface area contributed by atoms with Gasteiger partial charge in [0.1, 0.15) is 12.1 Å². The largest absolute Gasteiger partial charge is 0.351 e. The van der Waals surface area contributed by atoms with Crippen molar-refractivity contribution in [1.82, 2.24) is 20.6 Å². The van der Waals surface area contributed by atoms with Crippen LogP contribution in [-0.2, 0) is 14.4 Å². The van der Waals surface area contributed by atoms with Gasteiger partial charge >= 0.3 is 0 Å². The van der Waals surface area contributed by atoms with Crippen LogP contribution in [-0.4, -0.2) is 69.1 Å². The molecule has 0 aromatic rings. The minimum absolute atomic E-state index is 0.0889. The van der Waals surface area contributed by atoms with E-state index in [4.69, 9.17) is 0 Å². The van der Waals surface area contributed by atoms with Crippen LogP contribution in [0.1, 0.15) is 67.2 Å². The zero-order chi connectivity index (χ0) is 21.3. The van der Waals surface area contributed by atoms with Crippen molar-refractivity contribution in [2.45, 2.75) is 96.4 Å². The Balaban J connectivity index is 2.05.